The van der Waals surface area contributed by atoms with Gasteiger partial charge < -0.3 is 15.4 Å². The van der Waals surface area contributed by atoms with Gasteiger partial charge in [0.05, 0.1) is 13.2 Å². The van der Waals surface area contributed by atoms with Crippen LogP contribution in [0.2, 0.25) is 5.02 Å². The number of guanidine groups is 1. The second kappa shape index (κ2) is 7.54. The average Bonchev–Trinajstić information content (AvgIpc) is 2.45. The van der Waals surface area contributed by atoms with Crippen LogP contribution in [0, 0.1) is 10.8 Å². The molecule has 1 aromatic rings. The summed E-state index contributed by atoms with van der Waals surface area (Å²) in [5.41, 5.74) is 1.59. The van der Waals surface area contributed by atoms with Crippen LogP contribution in [0.15, 0.2) is 29.3 Å². The van der Waals surface area contributed by atoms with E-state index in [0.29, 0.717) is 0 Å². The summed E-state index contributed by atoms with van der Waals surface area (Å²) >= 11 is 6.07. The first-order chi connectivity index (χ1) is 10.8. The van der Waals surface area contributed by atoms with E-state index in [1.165, 1.54) is 5.56 Å². The van der Waals surface area contributed by atoms with Gasteiger partial charge >= 0.3 is 0 Å². The molecule has 5 heteroatoms. The predicted molar refractivity (Wildman–Crippen MR) is 97.2 cm³/mol. The van der Waals surface area contributed by atoms with Crippen molar-refractivity contribution in [1.82, 2.24) is 10.6 Å². The molecule has 1 fully saturated rings. The van der Waals surface area contributed by atoms with E-state index in [-0.39, 0.29) is 10.8 Å². The van der Waals surface area contributed by atoms with E-state index in [0.717, 1.165) is 43.7 Å². The highest BCUT2D eigenvalue weighted by molar-refractivity contribution is 6.30. The van der Waals surface area contributed by atoms with Crippen molar-refractivity contribution in [3.8, 4) is 0 Å². The van der Waals surface area contributed by atoms with Crippen LogP contribution in [0.3, 0.4) is 0 Å². The molecule has 1 aliphatic rings. The molecular weight excluding hydrogens is 310 g/mol. The summed E-state index contributed by atoms with van der Waals surface area (Å²) in [6, 6.07) is 8.07. The molecule has 0 spiro atoms. The molecule has 128 valence electrons. The fourth-order valence-corrected chi connectivity index (χ4v) is 2.87. The Balaban J connectivity index is 1.81. The Morgan fingerprint density at radius 1 is 1.35 bits per heavy atom. The molecule has 0 unspecified atom stereocenters. The molecule has 4 nitrogen and oxygen atoms in total. The van der Waals surface area contributed by atoms with Crippen molar-refractivity contribution < 1.29 is 4.74 Å². The van der Waals surface area contributed by atoms with Gasteiger partial charge in [0.2, 0.25) is 0 Å². The molecule has 23 heavy (non-hydrogen) atoms. The molecule has 0 bridgehead atoms. The van der Waals surface area contributed by atoms with Gasteiger partial charge in [-0.2, -0.15) is 0 Å². The van der Waals surface area contributed by atoms with Gasteiger partial charge in [0.15, 0.2) is 5.96 Å². The molecule has 0 radical (unpaired) electrons. The second-order valence-corrected chi connectivity index (χ2v) is 7.99. The number of hydrogen-bond donors (Lipinski definition) is 2. The lowest BCUT2D eigenvalue weighted by molar-refractivity contribution is -0.0971. The molecule has 1 aromatic carbocycles. The number of rotatable bonds is 6. The van der Waals surface area contributed by atoms with Gasteiger partial charge in [0, 0.05) is 30.6 Å². The normalized spacial score (nSPS) is 17.5. The fraction of sp³-hybridized carbons (Fsp3) is 0.611. The molecule has 0 aliphatic carbocycles. The molecule has 0 atom stereocenters. The topological polar surface area (TPSA) is 45.7 Å². The number of benzene rings is 1. The van der Waals surface area contributed by atoms with Gasteiger partial charge in [0.25, 0.3) is 0 Å². The highest BCUT2D eigenvalue weighted by Gasteiger charge is 2.33. The van der Waals surface area contributed by atoms with Crippen molar-refractivity contribution >= 4 is 17.6 Å². The lowest BCUT2D eigenvalue weighted by atomic mass is 9.85. The first-order valence-corrected chi connectivity index (χ1v) is 8.46. The first-order valence-electron chi connectivity index (χ1n) is 8.09. The zero-order valence-electron chi connectivity index (χ0n) is 14.6. The third kappa shape index (κ3) is 5.70. The van der Waals surface area contributed by atoms with Crippen LogP contribution in [0.25, 0.3) is 0 Å². The van der Waals surface area contributed by atoms with Gasteiger partial charge in [0.1, 0.15) is 0 Å². The minimum atomic E-state index is 0.103. The summed E-state index contributed by atoms with van der Waals surface area (Å²) in [5.74, 6) is 0.845. The Labute approximate surface area is 144 Å². The van der Waals surface area contributed by atoms with Crippen LogP contribution in [0.4, 0.5) is 0 Å². The zero-order chi connectivity index (χ0) is 16.9. The largest absolute Gasteiger partial charge is 0.380 e. The van der Waals surface area contributed by atoms with Crippen LogP contribution in [-0.4, -0.2) is 39.3 Å². The standard InChI is InChI=1S/C18H28ClN3O/c1-17(2,9-14-6-5-7-15(19)8-14)10-21-16(20-4)22-11-18(3)12-23-13-18/h5-8H,9-13H2,1-4H3,(H2,20,21,22). The van der Waals surface area contributed by atoms with Crippen LogP contribution in [-0.2, 0) is 11.2 Å². The van der Waals surface area contributed by atoms with Gasteiger partial charge in [-0.3, -0.25) is 4.99 Å². The fourth-order valence-electron chi connectivity index (χ4n) is 2.66. The molecular formula is C18H28ClN3O. The summed E-state index contributed by atoms with van der Waals surface area (Å²) in [6.07, 6.45) is 0.961. The number of halogens is 1. The molecule has 2 N–H and O–H groups in total. The number of nitrogens with one attached hydrogen (secondary N) is 2. The minimum Gasteiger partial charge on any atom is -0.380 e. The Morgan fingerprint density at radius 2 is 2.09 bits per heavy atom. The molecule has 2 rings (SSSR count). The number of aliphatic imine (C=N–C) groups is 1. The monoisotopic (exact) mass is 337 g/mol. The molecule has 0 aromatic heterocycles. The van der Waals surface area contributed by atoms with E-state index >= 15 is 0 Å². The van der Waals surface area contributed by atoms with Crippen LogP contribution in [0.1, 0.15) is 26.3 Å². The minimum absolute atomic E-state index is 0.103. The van der Waals surface area contributed by atoms with Crippen molar-refractivity contribution in [2.75, 3.05) is 33.4 Å². The molecule has 1 aliphatic heterocycles. The van der Waals surface area contributed by atoms with Crippen LogP contribution < -0.4 is 10.6 Å². The van der Waals surface area contributed by atoms with Gasteiger partial charge in [-0.05, 0) is 29.5 Å². The van der Waals surface area contributed by atoms with Gasteiger partial charge in [-0.15, -0.1) is 0 Å². The van der Waals surface area contributed by atoms with E-state index in [1.54, 1.807) is 7.05 Å². The van der Waals surface area contributed by atoms with E-state index in [2.05, 4.69) is 42.5 Å². The number of ether oxygens (including phenoxy) is 1. The Kier molecular flexibility index (Phi) is 5.93. The molecule has 1 saturated heterocycles. The lowest BCUT2D eigenvalue weighted by Gasteiger charge is -2.38. The first kappa shape index (κ1) is 18.1. The van der Waals surface area contributed by atoms with E-state index in [1.807, 2.05) is 18.2 Å². The average molecular weight is 338 g/mol. The Bertz CT molecular complexity index is 553. The van der Waals surface area contributed by atoms with Gasteiger partial charge in [-0.1, -0.05) is 44.5 Å². The summed E-state index contributed by atoms with van der Waals surface area (Å²) in [7, 11) is 1.80. The third-order valence-corrected chi connectivity index (χ3v) is 4.35. The third-order valence-electron chi connectivity index (χ3n) is 4.11. The molecule has 0 amide bonds. The van der Waals surface area contributed by atoms with Crippen molar-refractivity contribution in [2.45, 2.75) is 27.2 Å². The smallest absolute Gasteiger partial charge is 0.191 e. The SMILES string of the molecule is CN=C(NCC(C)(C)Cc1cccc(Cl)c1)NCC1(C)COC1. The van der Waals surface area contributed by atoms with Crippen molar-refractivity contribution in [3.63, 3.8) is 0 Å². The summed E-state index contributed by atoms with van der Waals surface area (Å²) in [6.45, 7) is 10.1. The summed E-state index contributed by atoms with van der Waals surface area (Å²) in [5, 5.41) is 7.62. The van der Waals surface area contributed by atoms with Crippen molar-refractivity contribution in [2.24, 2.45) is 15.8 Å². The second-order valence-electron chi connectivity index (χ2n) is 7.55. The maximum Gasteiger partial charge on any atom is 0.191 e. The number of nitrogens with zero attached hydrogens (tertiary/aromatic N) is 1. The van der Waals surface area contributed by atoms with E-state index in [9.17, 15) is 0 Å². The van der Waals surface area contributed by atoms with Crippen molar-refractivity contribution in [1.29, 1.82) is 0 Å². The van der Waals surface area contributed by atoms with Crippen LogP contribution in [0.5, 0.6) is 0 Å². The lowest BCUT2D eigenvalue weighted by Crippen LogP contribution is -2.52. The maximum atomic E-state index is 6.07. The quantitative estimate of drug-likeness (QED) is 0.619. The Morgan fingerprint density at radius 3 is 2.65 bits per heavy atom. The van der Waals surface area contributed by atoms with E-state index < -0.39 is 0 Å². The van der Waals surface area contributed by atoms with Crippen molar-refractivity contribution in [3.05, 3.63) is 34.9 Å². The highest BCUT2D eigenvalue weighted by atomic mass is 35.5. The highest BCUT2D eigenvalue weighted by Crippen LogP contribution is 2.25. The van der Waals surface area contributed by atoms with Gasteiger partial charge in [-0.25, -0.2) is 0 Å². The molecule has 0 saturated carbocycles. The van der Waals surface area contributed by atoms with Crippen LogP contribution >= 0.6 is 11.6 Å². The Hall–Kier alpha value is -1.26. The summed E-state index contributed by atoms with van der Waals surface area (Å²) in [4.78, 5) is 4.31. The predicted octanol–water partition coefficient (Wildman–Crippen LogP) is 3.11. The zero-order valence-corrected chi connectivity index (χ0v) is 15.3. The summed E-state index contributed by atoms with van der Waals surface area (Å²) < 4.78 is 5.28. The van der Waals surface area contributed by atoms with E-state index in [4.69, 9.17) is 16.3 Å². The number of hydrogen-bond acceptors (Lipinski definition) is 2. The maximum absolute atomic E-state index is 6.07. The molecule has 1 heterocycles.